The fourth-order valence-corrected chi connectivity index (χ4v) is 4.69. The van der Waals surface area contributed by atoms with Crippen LogP contribution in [0.2, 0.25) is 0 Å². The van der Waals surface area contributed by atoms with Crippen molar-refractivity contribution in [3.05, 3.63) is 60.4 Å². The van der Waals surface area contributed by atoms with E-state index in [1.54, 1.807) is 0 Å². The Hall–Kier alpha value is -4.20. The number of rotatable bonds is 6. The van der Waals surface area contributed by atoms with Gasteiger partial charge in [0, 0.05) is 5.69 Å². The molecule has 172 valence electrons. The summed E-state index contributed by atoms with van der Waals surface area (Å²) in [6, 6.07) is 8.42. The number of sulfonamides is 1. The normalized spacial score (nSPS) is 15.3. The van der Waals surface area contributed by atoms with Gasteiger partial charge in [-0.2, -0.15) is 0 Å². The lowest BCUT2D eigenvalue weighted by molar-refractivity contribution is 0.0918. The van der Waals surface area contributed by atoms with Crippen LogP contribution in [0.1, 0.15) is 10.6 Å². The summed E-state index contributed by atoms with van der Waals surface area (Å²) in [6.45, 7) is -0.274. The Balaban J connectivity index is 1.65. The second kappa shape index (κ2) is 8.74. The molecule has 0 aliphatic carbocycles. The number of hydrogen-bond donors (Lipinski definition) is 4. The molecule has 1 aliphatic rings. The molecule has 1 atom stereocenters. The SMILES string of the molecule is O=C(O)Nc1ccc2c(c1)N(S(=O)(=O)c1ccc(F)cc1)CC(CNC(=O)c1nnc[nH]1)O2. The van der Waals surface area contributed by atoms with Crippen LogP contribution >= 0.6 is 0 Å². The molecule has 2 aromatic carbocycles. The highest BCUT2D eigenvalue weighted by atomic mass is 32.2. The number of carboxylic acid groups (broad SMARTS) is 1. The zero-order chi connectivity index (χ0) is 23.6. The molecule has 2 heterocycles. The topological polar surface area (TPSA) is 167 Å². The molecule has 0 fully saturated rings. The number of carbonyl (C=O) groups is 2. The van der Waals surface area contributed by atoms with E-state index in [-0.39, 0.29) is 40.9 Å². The first-order valence-corrected chi connectivity index (χ1v) is 10.9. The maximum atomic E-state index is 13.4. The Morgan fingerprint density at radius 2 is 2.00 bits per heavy atom. The van der Waals surface area contributed by atoms with Crippen LogP contribution in [0, 0.1) is 5.82 Å². The maximum Gasteiger partial charge on any atom is 0.409 e. The largest absolute Gasteiger partial charge is 0.484 e. The van der Waals surface area contributed by atoms with Gasteiger partial charge in [0.15, 0.2) is 0 Å². The van der Waals surface area contributed by atoms with Crippen molar-refractivity contribution in [3.8, 4) is 5.75 Å². The number of amides is 2. The lowest BCUT2D eigenvalue weighted by Gasteiger charge is -2.35. The van der Waals surface area contributed by atoms with Crippen LogP contribution in [-0.4, -0.2) is 59.9 Å². The predicted molar refractivity (Wildman–Crippen MR) is 112 cm³/mol. The zero-order valence-electron chi connectivity index (χ0n) is 16.7. The van der Waals surface area contributed by atoms with Gasteiger partial charge in [-0.05, 0) is 42.5 Å². The average molecular weight is 476 g/mol. The number of ether oxygens (including phenoxy) is 1. The van der Waals surface area contributed by atoms with Gasteiger partial charge in [0.05, 0.1) is 23.7 Å². The fourth-order valence-electron chi connectivity index (χ4n) is 3.19. The summed E-state index contributed by atoms with van der Waals surface area (Å²) in [4.78, 5) is 25.5. The summed E-state index contributed by atoms with van der Waals surface area (Å²) in [7, 11) is -4.18. The van der Waals surface area contributed by atoms with Crippen LogP contribution in [0.5, 0.6) is 5.75 Å². The van der Waals surface area contributed by atoms with Crippen molar-refractivity contribution in [1.82, 2.24) is 20.5 Å². The van der Waals surface area contributed by atoms with Gasteiger partial charge in [-0.3, -0.25) is 14.4 Å². The van der Waals surface area contributed by atoms with Crippen molar-refractivity contribution in [1.29, 1.82) is 0 Å². The van der Waals surface area contributed by atoms with E-state index in [9.17, 15) is 22.4 Å². The molecule has 1 aliphatic heterocycles. The highest BCUT2D eigenvalue weighted by molar-refractivity contribution is 7.92. The molecule has 1 unspecified atom stereocenters. The molecular weight excluding hydrogens is 459 g/mol. The number of halogens is 1. The van der Waals surface area contributed by atoms with Crippen LogP contribution in [0.15, 0.2) is 53.7 Å². The Morgan fingerprint density at radius 1 is 1.24 bits per heavy atom. The summed E-state index contributed by atoms with van der Waals surface area (Å²) < 4.78 is 46.9. The van der Waals surface area contributed by atoms with Crippen molar-refractivity contribution >= 4 is 33.4 Å². The quantitative estimate of drug-likeness (QED) is 0.414. The summed E-state index contributed by atoms with van der Waals surface area (Å²) in [5, 5.41) is 20.8. The van der Waals surface area contributed by atoms with Gasteiger partial charge in [0.2, 0.25) is 5.82 Å². The monoisotopic (exact) mass is 476 g/mol. The molecular formula is C19H17FN6O6S. The molecule has 4 N–H and O–H groups in total. The maximum absolute atomic E-state index is 13.4. The average Bonchev–Trinajstić information content (AvgIpc) is 3.32. The van der Waals surface area contributed by atoms with Crippen molar-refractivity contribution in [2.75, 3.05) is 22.7 Å². The van der Waals surface area contributed by atoms with Crippen LogP contribution < -0.4 is 19.7 Å². The lowest BCUT2D eigenvalue weighted by atomic mass is 10.2. The summed E-state index contributed by atoms with van der Waals surface area (Å²) >= 11 is 0. The first-order chi connectivity index (χ1) is 15.7. The van der Waals surface area contributed by atoms with E-state index in [1.807, 2.05) is 0 Å². The minimum absolute atomic E-state index is 0.0219. The molecule has 4 rings (SSSR count). The van der Waals surface area contributed by atoms with Gasteiger partial charge >= 0.3 is 6.09 Å². The Labute approximate surface area is 186 Å². The van der Waals surface area contributed by atoms with Gasteiger partial charge < -0.3 is 20.1 Å². The van der Waals surface area contributed by atoms with Gasteiger partial charge in [-0.15, -0.1) is 10.2 Å². The Kier molecular flexibility index (Phi) is 5.83. The standard InChI is InChI=1S/C19H17FN6O6S/c20-11-1-4-14(5-2-11)33(30,31)26-9-13(8-21-18(27)17-22-10-23-25-17)32-16-6-3-12(7-15(16)26)24-19(28)29/h1-7,10,13,24H,8-9H2,(H,21,27)(H,28,29)(H,22,23,25). The number of aromatic nitrogens is 3. The third kappa shape index (κ3) is 4.69. The Morgan fingerprint density at radius 3 is 2.67 bits per heavy atom. The van der Waals surface area contributed by atoms with E-state index in [1.165, 1.54) is 24.5 Å². The second-order valence-corrected chi connectivity index (χ2v) is 8.75. The molecule has 1 aromatic heterocycles. The number of anilines is 2. The number of nitrogens with zero attached hydrogens (tertiary/aromatic N) is 3. The Bertz CT molecular complexity index is 1280. The third-order valence-corrected chi connectivity index (χ3v) is 6.46. The van der Waals surface area contributed by atoms with Crippen molar-refractivity contribution in [2.24, 2.45) is 0 Å². The highest BCUT2D eigenvalue weighted by Gasteiger charge is 2.35. The smallest absolute Gasteiger partial charge is 0.409 e. The fraction of sp³-hybridized carbons (Fsp3) is 0.158. The summed E-state index contributed by atoms with van der Waals surface area (Å²) in [5.41, 5.74) is 0.213. The van der Waals surface area contributed by atoms with E-state index >= 15 is 0 Å². The van der Waals surface area contributed by atoms with Crippen molar-refractivity contribution in [3.63, 3.8) is 0 Å². The third-order valence-electron chi connectivity index (χ3n) is 4.67. The molecule has 0 spiro atoms. The van der Waals surface area contributed by atoms with E-state index < -0.39 is 33.9 Å². The molecule has 2 amide bonds. The molecule has 0 radical (unpaired) electrons. The predicted octanol–water partition coefficient (Wildman–Crippen LogP) is 1.42. The van der Waals surface area contributed by atoms with Crippen LogP contribution in [0.25, 0.3) is 0 Å². The zero-order valence-corrected chi connectivity index (χ0v) is 17.5. The van der Waals surface area contributed by atoms with Gasteiger partial charge in [-0.1, -0.05) is 0 Å². The van der Waals surface area contributed by atoms with Crippen molar-refractivity contribution < 1.29 is 32.2 Å². The number of hydrogen-bond acceptors (Lipinski definition) is 7. The summed E-state index contributed by atoms with van der Waals surface area (Å²) in [6.07, 6.45) is -0.882. The molecule has 0 bridgehead atoms. The van der Waals surface area contributed by atoms with E-state index in [0.29, 0.717) is 0 Å². The number of fused-ring (bicyclic) bond motifs is 1. The number of carbonyl (C=O) groups excluding carboxylic acids is 1. The summed E-state index contributed by atoms with van der Waals surface area (Å²) in [5.74, 6) is -1.03. The van der Waals surface area contributed by atoms with E-state index in [0.717, 1.165) is 28.6 Å². The number of H-pyrrole nitrogens is 1. The molecule has 33 heavy (non-hydrogen) atoms. The minimum Gasteiger partial charge on any atom is -0.484 e. The molecule has 0 saturated heterocycles. The number of aromatic amines is 1. The first-order valence-electron chi connectivity index (χ1n) is 9.47. The molecule has 12 nitrogen and oxygen atoms in total. The van der Waals surface area contributed by atoms with Gasteiger partial charge in [0.25, 0.3) is 15.9 Å². The van der Waals surface area contributed by atoms with Crippen LogP contribution in [0.3, 0.4) is 0 Å². The van der Waals surface area contributed by atoms with Gasteiger partial charge in [-0.25, -0.2) is 17.6 Å². The number of nitrogens with one attached hydrogen (secondary N) is 3. The molecule has 0 saturated carbocycles. The lowest BCUT2D eigenvalue weighted by Crippen LogP contribution is -2.48. The van der Waals surface area contributed by atoms with Crippen LogP contribution in [-0.2, 0) is 10.0 Å². The highest BCUT2D eigenvalue weighted by Crippen LogP contribution is 2.39. The minimum atomic E-state index is -4.18. The second-order valence-electron chi connectivity index (χ2n) is 6.89. The molecule has 14 heteroatoms. The van der Waals surface area contributed by atoms with Crippen molar-refractivity contribution in [2.45, 2.75) is 11.0 Å². The van der Waals surface area contributed by atoms with Gasteiger partial charge in [0.1, 0.15) is 24.0 Å². The first kappa shape index (κ1) is 22.0. The number of benzene rings is 2. The van der Waals surface area contributed by atoms with Crippen LogP contribution in [0.4, 0.5) is 20.6 Å². The molecule has 3 aromatic rings. The van der Waals surface area contributed by atoms with E-state index in [4.69, 9.17) is 9.84 Å². The van der Waals surface area contributed by atoms with E-state index in [2.05, 4.69) is 25.8 Å².